The van der Waals surface area contributed by atoms with Gasteiger partial charge in [-0.15, -0.1) is 0 Å². The minimum atomic E-state index is -0.163. The Bertz CT molecular complexity index is 1340. The zero-order chi connectivity index (χ0) is 28.6. The summed E-state index contributed by atoms with van der Waals surface area (Å²) in [5.41, 5.74) is 6.41. The van der Waals surface area contributed by atoms with Crippen LogP contribution < -0.4 is 21.1 Å². The number of pyridine rings is 2. The molecular weight excluding hydrogens is 504 g/mol. The first kappa shape index (κ1) is 29.3. The third kappa shape index (κ3) is 7.49. The zero-order valence-corrected chi connectivity index (χ0v) is 24.3. The number of anilines is 1. The smallest absolute Gasteiger partial charge is 0.253 e. The summed E-state index contributed by atoms with van der Waals surface area (Å²) in [5, 5.41) is 6.29. The second kappa shape index (κ2) is 13.6. The van der Waals surface area contributed by atoms with Gasteiger partial charge in [-0.05, 0) is 68.7 Å². The number of carbonyl (C=O) groups excluding carboxylic acids is 1. The maximum absolute atomic E-state index is 12.9. The molecule has 2 aromatic heterocycles. The van der Waals surface area contributed by atoms with Crippen LogP contribution in [0.5, 0.6) is 0 Å². The molecule has 0 spiro atoms. The van der Waals surface area contributed by atoms with Crippen LogP contribution in [-0.2, 0) is 16.1 Å². The summed E-state index contributed by atoms with van der Waals surface area (Å²) < 4.78 is 5.42. The zero-order valence-electron chi connectivity index (χ0n) is 24.3. The van der Waals surface area contributed by atoms with E-state index in [1.165, 1.54) is 5.57 Å². The Morgan fingerprint density at radius 1 is 1.23 bits per heavy atom. The molecular formula is C31H42N6O3. The normalized spacial score (nSPS) is 17.8. The molecule has 9 nitrogen and oxygen atoms in total. The molecule has 214 valence electrons. The number of hydrogen-bond donors (Lipinski definition) is 3. The van der Waals surface area contributed by atoms with Gasteiger partial charge in [-0.25, -0.2) is 4.98 Å². The topological polar surface area (TPSA) is 103 Å². The summed E-state index contributed by atoms with van der Waals surface area (Å²) in [7, 11) is 1.72. The largest absolute Gasteiger partial charge is 0.383 e. The summed E-state index contributed by atoms with van der Waals surface area (Å²) in [4.78, 5) is 37.4. The lowest BCUT2D eigenvalue weighted by atomic mass is 10.0. The molecule has 2 aliphatic rings. The fraction of sp³-hybridized carbons (Fsp3) is 0.452. The highest BCUT2D eigenvalue weighted by Gasteiger charge is 2.22. The molecule has 9 heteroatoms. The number of hydrogen-bond acceptors (Lipinski definition) is 7. The first-order valence-corrected chi connectivity index (χ1v) is 14.0. The van der Waals surface area contributed by atoms with Crippen molar-refractivity contribution in [2.45, 2.75) is 53.1 Å². The van der Waals surface area contributed by atoms with E-state index in [0.29, 0.717) is 12.2 Å². The van der Waals surface area contributed by atoms with Crippen molar-refractivity contribution in [2.75, 3.05) is 44.8 Å². The molecule has 0 unspecified atom stereocenters. The fourth-order valence-corrected chi connectivity index (χ4v) is 5.24. The van der Waals surface area contributed by atoms with Gasteiger partial charge in [0, 0.05) is 82.0 Å². The SMILES string of the molecule is COC[C@@H](C)N1C=C(C)C/C1=C\C(=C/CC(=O)NCc1c(C)cc(C)[nH]c1=O)c1ccc(N2CCNCC2)nc1. The number of methoxy groups -OCH3 is 1. The Morgan fingerprint density at radius 2 is 2.00 bits per heavy atom. The van der Waals surface area contributed by atoms with Crippen LogP contribution in [-0.4, -0.2) is 66.7 Å². The van der Waals surface area contributed by atoms with Crippen molar-refractivity contribution in [1.82, 2.24) is 25.5 Å². The Morgan fingerprint density at radius 3 is 2.67 bits per heavy atom. The van der Waals surface area contributed by atoms with Crippen molar-refractivity contribution in [3.63, 3.8) is 0 Å². The van der Waals surface area contributed by atoms with E-state index in [-0.39, 0.29) is 30.5 Å². The minimum Gasteiger partial charge on any atom is -0.383 e. The fourth-order valence-electron chi connectivity index (χ4n) is 5.24. The van der Waals surface area contributed by atoms with Gasteiger partial charge >= 0.3 is 0 Å². The van der Waals surface area contributed by atoms with Gasteiger partial charge < -0.3 is 30.2 Å². The van der Waals surface area contributed by atoms with E-state index in [9.17, 15) is 9.59 Å². The van der Waals surface area contributed by atoms with Crippen molar-refractivity contribution in [2.24, 2.45) is 0 Å². The van der Waals surface area contributed by atoms with Crippen LogP contribution in [0.4, 0.5) is 5.82 Å². The number of nitrogens with zero attached hydrogens (tertiary/aromatic N) is 3. The van der Waals surface area contributed by atoms with Crippen LogP contribution in [0.1, 0.15) is 49.1 Å². The number of carbonyl (C=O) groups is 1. The molecule has 1 atom stereocenters. The van der Waals surface area contributed by atoms with E-state index in [0.717, 1.165) is 66.5 Å². The molecule has 3 N–H and O–H groups in total. The van der Waals surface area contributed by atoms with Crippen LogP contribution in [0.15, 0.2) is 58.8 Å². The van der Waals surface area contributed by atoms with Crippen LogP contribution in [0, 0.1) is 13.8 Å². The van der Waals surface area contributed by atoms with Gasteiger partial charge in [-0.2, -0.15) is 0 Å². The minimum absolute atomic E-state index is 0.147. The second-order valence-electron chi connectivity index (χ2n) is 10.7. The molecule has 1 amide bonds. The van der Waals surface area contributed by atoms with E-state index in [1.54, 1.807) is 7.11 Å². The summed E-state index contributed by atoms with van der Waals surface area (Å²) >= 11 is 0. The van der Waals surface area contributed by atoms with Crippen LogP contribution >= 0.6 is 0 Å². The molecule has 0 saturated carbocycles. The highest BCUT2D eigenvalue weighted by atomic mass is 16.5. The van der Waals surface area contributed by atoms with Crippen molar-refractivity contribution in [3.8, 4) is 0 Å². The van der Waals surface area contributed by atoms with Crippen molar-refractivity contribution in [3.05, 3.63) is 86.8 Å². The number of piperazine rings is 1. The first-order valence-electron chi connectivity index (χ1n) is 14.0. The predicted octanol–water partition coefficient (Wildman–Crippen LogP) is 3.41. The number of ether oxygens (including phenoxy) is 1. The number of rotatable bonds is 10. The molecule has 0 radical (unpaired) electrons. The first-order chi connectivity index (χ1) is 19.2. The van der Waals surface area contributed by atoms with Gasteiger partial charge in [0.05, 0.1) is 12.6 Å². The molecule has 1 fully saturated rings. The molecule has 2 aliphatic heterocycles. The van der Waals surface area contributed by atoms with E-state index >= 15 is 0 Å². The van der Waals surface area contributed by atoms with Crippen LogP contribution in [0.3, 0.4) is 0 Å². The molecule has 40 heavy (non-hydrogen) atoms. The highest BCUT2D eigenvalue weighted by Crippen LogP contribution is 2.31. The number of H-pyrrole nitrogens is 1. The number of aryl methyl sites for hydroxylation is 2. The molecule has 1 saturated heterocycles. The van der Waals surface area contributed by atoms with E-state index in [1.807, 2.05) is 32.2 Å². The number of nitrogens with one attached hydrogen (secondary N) is 3. The van der Waals surface area contributed by atoms with Crippen molar-refractivity contribution in [1.29, 1.82) is 0 Å². The predicted molar refractivity (Wildman–Crippen MR) is 160 cm³/mol. The Balaban J connectivity index is 1.56. The average molecular weight is 547 g/mol. The molecule has 2 aromatic rings. The quantitative estimate of drug-likeness (QED) is 0.420. The van der Waals surface area contributed by atoms with Gasteiger partial charge in [-0.1, -0.05) is 11.6 Å². The number of amides is 1. The number of aromatic amines is 1. The third-order valence-corrected chi connectivity index (χ3v) is 7.34. The van der Waals surface area contributed by atoms with Crippen molar-refractivity contribution < 1.29 is 9.53 Å². The van der Waals surface area contributed by atoms with E-state index < -0.39 is 0 Å². The second-order valence-corrected chi connectivity index (χ2v) is 10.7. The lowest BCUT2D eigenvalue weighted by Crippen LogP contribution is -2.43. The van der Waals surface area contributed by atoms with E-state index in [4.69, 9.17) is 9.72 Å². The monoisotopic (exact) mass is 546 g/mol. The highest BCUT2D eigenvalue weighted by molar-refractivity contribution is 5.82. The van der Waals surface area contributed by atoms with Crippen LogP contribution in [0.2, 0.25) is 0 Å². The van der Waals surface area contributed by atoms with Crippen molar-refractivity contribution >= 4 is 17.3 Å². The number of allylic oxidation sites excluding steroid dienone is 3. The van der Waals surface area contributed by atoms with Gasteiger partial charge in [0.25, 0.3) is 5.56 Å². The maximum Gasteiger partial charge on any atom is 0.253 e. The van der Waals surface area contributed by atoms with Gasteiger partial charge in [0.1, 0.15) is 5.82 Å². The standard InChI is InChI=1S/C31H42N6O3/c1-21-14-27(37(19-21)24(4)20-40-5)16-25(26-6-8-29(33-17-26)36-12-10-32-11-13-36)7-9-30(38)34-18-28-22(2)15-23(3)35-31(28)39/h6-8,15-17,19,24,32H,9-14,18,20H2,1-5H3,(H,34,38)(H,35,39)/b25-7+,27-16+/t24-/m1/s1. The Kier molecular flexibility index (Phi) is 9.95. The van der Waals surface area contributed by atoms with Gasteiger partial charge in [-0.3, -0.25) is 9.59 Å². The van der Waals surface area contributed by atoms with Crippen LogP contribution in [0.25, 0.3) is 5.57 Å². The summed E-state index contributed by atoms with van der Waals surface area (Å²) in [6, 6.07) is 6.24. The third-order valence-electron chi connectivity index (χ3n) is 7.34. The lowest BCUT2D eigenvalue weighted by Gasteiger charge is -2.28. The van der Waals surface area contributed by atoms with Gasteiger partial charge in [0.15, 0.2) is 0 Å². The number of aromatic nitrogens is 2. The molecule has 4 rings (SSSR count). The maximum atomic E-state index is 12.9. The summed E-state index contributed by atoms with van der Waals surface area (Å²) in [6.07, 6.45) is 9.19. The van der Waals surface area contributed by atoms with Gasteiger partial charge in [0.2, 0.25) is 5.91 Å². The van der Waals surface area contributed by atoms with E-state index in [2.05, 4.69) is 63.7 Å². The average Bonchev–Trinajstić information content (AvgIpc) is 3.31. The Hall–Kier alpha value is -3.69. The molecule has 0 aromatic carbocycles. The lowest BCUT2D eigenvalue weighted by molar-refractivity contribution is -0.120. The molecule has 0 aliphatic carbocycles. The molecule has 0 bridgehead atoms. The Labute approximate surface area is 237 Å². The summed E-state index contributed by atoms with van der Waals surface area (Å²) in [5.74, 6) is 0.813. The summed E-state index contributed by atoms with van der Waals surface area (Å²) in [6.45, 7) is 12.6. The molecule has 4 heterocycles.